The molecule has 0 radical (unpaired) electrons. The first kappa shape index (κ1) is 13.7. The van der Waals surface area contributed by atoms with Crippen LogP contribution in [0, 0.1) is 6.92 Å². The second-order valence-corrected chi connectivity index (χ2v) is 3.64. The van der Waals surface area contributed by atoms with Crippen molar-refractivity contribution < 1.29 is 19.1 Å². The number of carbonyl (C=O) groups is 2. The normalized spacial score (nSPS) is 10.7. The molecule has 0 bridgehead atoms. The number of aryl methyl sites for hydroxylation is 1. The van der Waals surface area contributed by atoms with Crippen molar-refractivity contribution in [1.29, 1.82) is 0 Å². The van der Waals surface area contributed by atoms with Gasteiger partial charge in [0, 0.05) is 6.08 Å². The van der Waals surface area contributed by atoms with Crippen LogP contribution in [0.2, 0.25) is 0 Å². The summed E-state index contributed by atoms with van der Waals surface area (Å²) < 4.78 is 9.68. The van der Waals surface area contributed by atoms with Crippen LogP contribution in [0.1, 0.15) is 12.5 Å². The number of benzene rings is 1. The molecule has 0 aromatic heterocycles. The number of carbonyl (C=O) groups excluding carboxylic acids is 2. The zero-order valence-corrected chi connectivity index (χ0v) is 10.3. The summed E-state index contributed by atoms with van der Waals surface area (Å²) in [6.45, 7) is 6.67. The Morgan fingerprint density at radius 1 is 1.22 bits per heavy atom. The van der Waals surface area contributed by atoms with E-state index in [0.717, 1.165) is 17.9 Å². The summed E-state index contributed by atoms with van der Waals surface area (Å²) in [6.07, 6.45) is 2.05. The molecule has 0 amide bonds. The minimum Gasteiger partial charge on any atom is -0.431 e. The topological polar surface area (TPSA) is 52.6 Å². The van der Waals surface area contributed by atoms with E-state index in [1.165, 1.54) is 6.92 Å². The van der Waals surface area contributed by atoms with Gasteiger partial charge in [0.15, 0.2) is 0 Å². The van der Waals surface area contributed by atoms with Gasteiger partial charge in [0.05, 0.1) is 5.57 Å². The number of esters is 2. The van der Waals surface area contributed by atoms with Gasteiger partial charge in [-0.15, -0.1) is 0 Å². The first-order valence-corrected chi connectivity index (χ1v) is 5.31. The second-order valence-electron chi connectivity index (χ2n) is 3.64. The molecule has 0 aliphatic heterocycles. The van der Waals surface area contributed by atoms with Crippen LogP contribution in [0.4, 0.5) is 0 Å². The number of rotatable bonds is 4. The molecule has 4 heteroatoms. The van der Waals surface area contributed by atoms with Gasteiger partial charge in [0.1, 0.15) is 12.0 Å². The lowest BCUT2D eigenvalue weighted by Crippen LogP contribution is -2.10. The van der Waals surface area contributed by atoms with E-state index in [4.69, 9.17) is 4.74 Å². The first-order valence-electron chi connectivity index (χ1n) is 5.31. The molecular weight excluding hydrogens is 232 g/mol. The predicted molar refractivity (Wildman–Crippen MR) is 66.9 cm³/mol. The Labute approximate surface area is 106 Å². The largest absolute Gasteiger partial charge is 0.431 e. The molecule has 4 nitrogen and oxygen atoms in total. The van der Waals surface area contributed by atoms with Crippen molar-refractivity contribution in [3.63, 3.8) is 0 Å². The summed E-state index contributed by atoms with van der Waals surface area (Å²) in [5, 5.41) is 0. The molecule has 0 heterocycles. The summed E-state index contributed by atoms with van der Waals surface area (Å²) in [5.74, 6) is -0.762. The van der Waals surface area contributed by atoms with Crippen LogP contribution >= 0.6 is 0 Å². The van der Waals surface area contributed by atoms with Crippen LogP contribution in [0.25, 0.3) is 0 Å². The number of hydrogen-bond acceptors (Lipinski definition) is 4. The van der Waals surface area contributed by atoms with Gasteiger partial charge in [0.25, 0.3) is 0 Å². The van der Waals surface area contributed by atoms with Crippen LogP contribution in [-0.4, -0.2) is 11.9 Å². The summed E-state index contributed by atoms with van der Waals surface area (Å²) >= 11 is 0. The fraction of sp³-hybridized carbons (Fsp3) is 0.143. The lowest BCUT2D eigenvalue weighted by Gasteiger charge is -2.04. The van der Waals surface area contributed by atoms with Gasteiger partial charge in [0.2, 0.25) is 0 Å². The monoisotopic (exact) mass is 246 g/mol. The Morgan fingerprint density at radius 3 is 2.39 bits per heavy atom. The Balaban J connectivity index is 2.62. The van der Waals surface area contributed by atoms with Gasteiger partial charge < -0.3 is 9.47 Å². The average molecular weight is 246 g/mol. The maximum atomic E-state index is 11.6. The Bertz CT molecular complexity index is 483. The van der Waals surface area contributed by atoms with E-state index in [0.29, 0.717) is 5.75 Å². The molecule has 0 fully saturated rings. The van der Waals surface area contributed by atoms with Crippen LogP contribution in [0.15, 0.2) is 48.8 Å². The second kappa shape index (κ2) is 6.39. The molecule has 0 spiro atoms. The molecule has 0 saturated carbocycles. The summed E-state index contributed by atoms with van der Waals surface area (Å²) in [4.78, 5) is 22.4. The third-order valence-electron chi connectivity index (χ3n) is 2.07. The van der Waals surface area contributed by atoms with Crippen molar-refractivity contribution in [2.75, 3.05) is 0 Å². The standard InChI is InChI=1S/C14H14O4/c1-4-13(15)17-9-11(3)14(16)18-12-7-5-10(2)6-8-12/h4-9H,1H2,2-3H3. The van der Waals surface area contributed by atoms with Gasteiger partial charge >= 0.3 is 11.9 Å². The lowest BCUT2D eigenvalue weighted by molar-refractivity contribution is -0.132. The van der Waals surface area contributed by atoms with Gasteiger partial charge in [-0.05, 0) is 26.0 Å². The molecule has 94 valence electrons. The van der Waals surface area contributed by atoms with Crippen molar-refractivity contribution in [3.05, 3.63) is 54.3 Å². The molecule has 1 aromatic rings. The smallest absolute Gasteiger partial charge is 0.342 e. The van der Waals surface area contributed by atoms with Crippen molar-refractivity contribution >= 4 is 11.9 Å². The maximum absolute atomic E-state index is 11.6. The van der Waals surface area contributed by atoms with E-state index < -0.39 is 11.9 Å². The molecule has 0 aliphatic rings. The van der Waals surface area contributed by atoms with Crippen LogP contribution < -0.4 is 4.74 Å². The summed E-state index contributed by atoms with van der Waals surface area (Å²) in [6, 6.07) is 7.05. The highest BCUT2D eigenvalue weighted by molar-refractivity contribution is 5.90. The van der Waals surface area contributed by atoms with Gasteiger partial charge in [-0.2, -0.15) is 0 Å². The van der Waals surface area contributed by atoms with E-state index in [1.54, 1.807) is 12.1 Å². The minimum atomic E-state index is -0.627. The molecule has 0 N–H and O–H groups in total. The highest BCUT2D eigenvalue weighted by Gasteiger charge is 2.08. The maximum Gasteiger partial charge on any atom is 0.342 e. The highest BCUT2D eigenvalue weighted by atomic mass is 16.5. The van der Waals surface area contributed by atoms with E-state index in [-0.39, 0.29) is 5.57 Å². The van der Waals surface area contributed by atoms with Crippen LogP contribution in [-0.2, 0) is 14.3 Å². The third-order valence-corrected chi connectivity index (χ3v) is 2.07. The van der Waals surface area contributed by atoms with Crippen molar-refractivity contribution in [2.24, 2.45) is 0 Å². The van der Waals surface area contributed by atoms with E-state index in [2.05, 4.69) is 11.3 Å². The SMILES string of the molecule is C=CC(=O)OC=C(C)C(=O)Oc1ccc(C)cc1. The molecule has 18 heavy (non-hydrogen) atoms. The van der Waals surface area contributed by atoms with E-state index in [1.807, 2.05) is 19.1 Å². The lowest BCUT2D eigenvalue weighted by atomic mass is 10.2. The molecule has 0 unspecified atom stereocenters. The zero-order valence-electron chi connectivity index (χ0n) is 10.3. The fourth-order valence-electron chi connectivity index (χ4n) is 1.04. The molecular formula is C14H14O4. The molecule has 1 aromatic carbocycles. The third kappa shape index (κ3) is 4.25. The first-order chi connectivity index (χ1) is 8.52. The minimum absolute atomic E-state index is 0.186. The van der Waals surface area contributed by atoms with Crippen LogP contribution in [0.3, 0.4) is 0 Å². The Kier molecular flexibility index (Phi) is 4.87. The van der Waals surface area contributed by atoms with Crippen molar-refractivity contribution in [1.82, 2.24) is 0 Å². The summed E-state index contributed by atoms with van der Waals surface area (Å²) in [7, 11) is 0. The van der Waals surface area contributed by atoms with Crippen molar-refractivity contribution in [2.45, 2.75) is 13.8 Å². The zero-order chi connectivity index (χ0) is 13.5. The quantitative estimate of drug-likeness (QED) is 0.354. The van der Waals surface area contributed by atoms with Gasteiger partial charge in [-0.25, -0.2) is 9.59 Å². The van der Waals surface area contributed by atoms with Crippen molar-refractivity contribution in [3.8, 4) is 5.75 Å². The average Bonchev–Trinajstić information content (AvgIpc) is 2.38. The fourth-order valence-corrected chi connectivity index (χ4v) is 1.04. The highest BCUT2D eigenvalue weighted by Crippen LogP contribution is 2.13. The molecule has 1 rings (SSSR count). The molecule has 0 atom stereocenters. The summed E-state index contributed by atoms with van der Waals surface area (Å²) in [5.41, 5.74) is 1.26. The predicted octanol–water partition coefficient (Wildman–Crippen LogP) is 2.53. The number of hydrogen-bond donors (Lipinski definition) is 0. The van der Waals surface area contributed by atoms with Gasteiger partial charge in [-0.1, -0.05) is 24.3 Å². The molecule has 0 saturated heterocycles. The van der Waals surface area contributed by atoms with E-state index in [9.17, 15) is 9.59 Å². The van der Waals surface area contributed by atoms with Gasteiger partial charge in [-0.3, -0.25) is 0 Å². The number of ether oxygens (including phenoxy) is 2. The Morgan fingerprint density at radius 2 is 1.83 bits per heavy atom. The van der Waals surface area contributed by atoms with Crippen LogP contribution in [0.5, 0.6) is 5.75 Å². The molecule has 0 aliphatic carbocycles. The van der Waals surface area contributed by atoms with E-state index >= 15 is 0 Å². The Hall–Kier alpha value is -2.36.